The van der Waals surface area contributed by atoms with Gasteiger partial charge in [0.25, 0.3) is 0 Å². The predicted molar refractivity (Wildman–Crippen MR) is 123 cm³/mol. The summed E-state index contributed by atoms with van der Waals surface area (Å²) in [5, 5.41) is 6.72. The second-order valence-electron chi connectivity index (χ2n) is 6.11. The molecule has 0 unspecified atom stereocenters. The zero-order valence-corrected chi connectivity index (χ0v) is 18.3. The molecule has 2 aromatic carbocycles. The first kappa shape index (κ1) is 21.9. The van der Waals surface area contributed by atoms with E-state index in [9.17, 15) is 9.59 Å². The standard InChI is InChI=1S/C21H25IN4O2/c1-3-26(4-2)19-11-5-16(6-12-19)15-23-25-21(28)14-13-20(27)24-18-9-7-17(22)8-10-18/h5-12,15H,3-4,13-14H2,1-2H3,(H,24,27)(H,25,28)/b23-15-. The maximum atomic E-state index is 11.9. The van der Waals surface area contributed by atoms with Gasteiger partial charge in [0.05, 0.1) is 6.21 Å². The second kappa shape index (κ2) is 11.4. The van der Waals surface area contributed by atoms with E-state index in [-0.39, 0.29) is 24.7 Å². The quantitative estimate of drug-likeness (QED) is 0.316. The minimum absolute atomic E-state index is 0.0778. The SMILES string of the molecule is CCN(CC)c1ccc(/C=N\NC(=O)CCC(=O)Nc2ccc(I)cc2)cc1. The van der Waals surface area contributed by atoms with Crippen LogP contribution < -0.4 is 15.6 Å². The lowest BCUT2D eigenvalue weighted by atomic mass is 10.2. The van der Waals surface area contributed by atoms with Gasteiger partial charge in [-0.15, -0.1) is 0 Å². The first-order chi connectivity index (χ1) is 13.5. The Morgan fingerprint density at radius 3 is 2.18 bits per heavy atom. The zero-order valence-electron chi connectivity index (χ0n) is 16.1. The molecule has 7 heteroatoms. The summed E-state index contributed by atoms with van der Waals surface area (Å²) in [6.45, 7) is 6.15. The number of rotatable bonds is 9. The number of carbonyl (C=O) groups is 2. The highest BCUT2D eigenvalue weighted by atomic mass is 127. The molecule has 0 saturated carbocycles. The van der Waals surface area contributed by atoms with Crippen LogP contribution in [0.3, 0.4) is 0 Å². The van der Waals surface area contributed by atoms with E-state index < -0.39 is 0 Å². The largest absolute Gasteiger partial charge is 0.372 e. The van der Waals surface area contributed by atoms with Crippen LogP contribution in [-0.4, -0.2) is 31.1 Å². The number of carbonyl (C=O) groups excluding carboxylic acids is 2. The lowest BCUT2D eigenvalue weighted by Gasteiger charge is -2.20. The molecule has 28 heavy (non-hydrogen) atoms. The van der Waals surface area contributed by atoms with E-state index in [0.29, 0.717) is 0 Å². The van der Waals surface area contributed by atoms with Gasteiger partial charge >= 0.3 is 0 Å². The highest BCUT2D eigenvalue weighted by Gasteiger charge is 2.07. The fraction of sp³-hybridized carbons (Fsp3) is 0.286. The summed E-state index contributed by atoms with van der Waals surface area (Å²) in [5.74, 6) is -0.499. The van der Waals surface area contributed by atoms with Gasteiger partial charge in [-0.2, -0.15) is 5.10 Å². The van der Waals surface area contributed by atoms with Gasteiger partial charge in [-0.3, -0.25) is 9.59 Å². The molecule has 0 heterocycles. The van der Waals surface area contributed by atoms with Crippen molar-refractivity contribution in [2.75, 3.05) is 23.3 Å². The molecule has 2 N–H and O–H groups in total. The van der Waals surface area contributed by atoms with Crippen LogP contribution in [0.2, 0.25) is 0 Å². The lowest BCUT2D eigenvalue weighted by Crippen LogP contribution is -2.21. The van der Waals surface area contributed by atoms with Crippen LogP contribution in [-0.2, 0) is 9.59 Å². The number of halogens is 1. The summed E-state index contributed by atoms with van der Waals surface area (Å²) in [7, 11) is 0. The third-order valence-electron chi connectivity index (χ3n) is 4.13. The normalized spacial score (nSPS) is 10.7. The summed E-state index contributed by atoms with van der Waals surface area (Å²) in [4.78, 5) is 26.0. The molecule has 0 bridgehead atoms. The molecule has 2 rings (SSSR count). The van der Waals surface area contributed by atoms with Crippen LogP contribution in [0.1, 0.15) is 32.3 Å². The Kier molecular flexibility index (Phi) is 8.93. The molecule has 0 radical (unpaired) electrons. The van der Waals surface area contributed by atoms with E-state index in [0.717, 1.165) is 33.6 Å². The number of nitrogens with one attached hydrogen (secondary N) is 2. The number of benzene rings is 2. The van der Waals surface area contributed by atoms with E-state index in [1.54, 1.807) is 6.21 Å². The molecular weight excluding hydrogens is 467 g/mol. The average Bonchev–Trinajstić information content (AvgIpc) is 2.70. The number of hydrogen-bond acceptors (Lipinski definition) is 4. The van der Waals surface area contributed by atoms with E-state index in [2.05, 4.69) is 57.2 Å². The summed E-state index contributed by atoms with van der Waals surface area (Å²) in [6, 6.07) is 15.5. The zero-order chi connectivity index (χ0) is 20.4. The van der Waals surface area contributed by atoms with Gasteiger partial charge in [0.2, 0.25) is 11.8 Å². The second-order valence-corrected chi connectivity index (χ2v) is 7.36. The van der Waals surface area contributed by atoms with Crippen molar-refractivity contribution in [2.45, 2.75) is 26.7 Å². The maximum absolute atomic E-state index is 11.9. The van der Waals surface area contributed by atoms with Crippen LogP contribution in [0.5, 0.6) is 0 Å². The van der Waals surface area contributed by atoms with Crippen molar-refractivity contribution in [3.63, 3.8) is 0 Å². The third kappa shape index (κ3) is 7.30. The Labute approximate surface area is 179 Å². The van der Waals surface area contributed by atoms with Gasteiger partial charge in [0.1, 0.15) is 0 Å². The minimum Gasteiger partial charge on any atom is -0.372 e. The third-order valence-corrected chi connectivity index (χ3v) is 4.85. The number of nitrogens with zero attached hydrogens (tertiary/aromatic N) is 2. The Bertz CT molecular complexity index is 800. The van der Waals surface area contributed by atoms with Gasteiger partial charge in [-0.05, 0) is 78.4 Å². The Morgan fingerprint density at radius 2 is 1.57 bits per heavy atom. The first-order valence-electron chi connectivity index (χ1n) is 9.24. The van der Waals surface area contributed by atoms with Crippen LogP contribution in [0.4, 0.5) is 11.4 Å². The van der Waals surface area contributed by atoms with Crippen molar-refractivity contribution in [3.05, 3.63) is 57.7 Å². The Balaban J connectivity index is 1.74. The van der Waals surface area contributed by atoms with Crippen molar-refractivity contribution in [1.29, 1.82) is 0 Å². The van der Waals surface area contributed by atoms with Crippen molar-refractivity contribution >= 4 is 52.0 Å². The summed E-state index contributed by atoms with van der Waals surface area (Å²) in [6.07, 6.45) is 1.77. The molecule has 0 spiro atoms. The van der Waals surface area contributed by atoms with Crippen LogP contribution in [0.15, 0.2) is 53.6 Å². The molecule has 0 atom stereocenters. The fourth-order valence-corrected chi connectivity index (χ4v) is 2.94. The number of hydrazone groups is 1. The molecule has 2 aromatic rings. The molecular formula is C21H25IN4O2. The highest BCUT2D eigenvalue weighted by Crippen LogP contribution is 2.14. The molecule has 0 aromatic heterocycles. The highest BCUT2D eigenvalue weighted by molar-refractivity contribution is 14.1. The molecule has 0 saturated heterocycles. The number of hydrogen-bond donors (Lipinski definition) is 2. The van der Waals surface area contributed by atoms with Crippen molar-refractivity contribution in [1.82, 2.24) is 5.43 Å². The van der Waals surface area contributed by atoms with Crippen LogP contribution >= 0.6 is 22.6 Å². The topological polar surface area (TPSA) is 73.8 Å². The molecule has 0 aliphatic heterocycles. The van der Waals surface area contributed by atoms with Crippen molar-refractivity contribution < 1.29 is 9.59 Å². The molecule has 148 valence electrons. The van der Waals surface area contributed by atoms with Crippen LogP contribution in [0.25, 0.3) is 0 Å². The predicted octanol–water partition coefficient (Wildman–Crippen LogP) is 4.01. The van der Waals surface area contributed by atoms with Gasteiger partial charge in [0.15, 0.2) is 0 Å². The van der Waals surface area contributed by atoms with E-state index in [4.69, 9.17) is 0 Å². The Morgan fingerprint density at radius 1 is 0.964 bits per heavy atom. The van der Waals surface area contributed by atoms with Gasteiger partial charge in [-0.25, -0.2) is 5.43 Å². The van der Waals surface area contributed by atoms with Crippen molar-refractivity contribution in [3.8, 4) is 0 Å². The smallest absolute Gasteiger partial charge is 0.240 e. The van der Waals surface area contributed by atoms with E-state index in [1.165, 1.54) is 0 Å². The summed E-state index contributed by atoms with van der Waals surface area (Å²) in [5.41, 5.74) is 5.23. The first-order valence-corrected chi connectivity index (χ1v) is 10.3. The van der Waals surface area contributed by atoms with E-state index >= 15 is 0 Å². The molecule has 2 amide bonds. The van der Waals surface area contributed by atoms with Gasteiger partial charge in [-0.1, -0.05) is 12.1 Å². The van der Waals surface area contributed by atoms with E-state index in [1.807, 2.05) is 48.5 Å². The molecule has 6 nitrogen and oxygen atoms in total. The Hall–Kier alpha value is -2.42. The maximum Gasteiger partial charge on any atom is 0.240 e. The fourth-order valence-electron chi connectivity index (χ4n) is 2.58. The lowest BCUT2D eigenvalue weighted by molar-refractivity contribution is -0.124. The minimum atomic E-state index is -0.297. The number of anilines is 2. The monoisotopic (exact) mass is 492 g/mol. The van der Waals surface area contributed by atoms with Gasteiger partial charge in [0, 0.05) is 40.9 Å². The summed E-state index contributed by atoms with van der Waals surface area (Å²) >= 11 is 2.20. The molecule has 0 aliphatic carbocycles. The van der Waals surface area contributed by atoms with Crippen LogP contribution in [0, 0.1) is 3.57 Å². The number of amides is 2. The summed E-state index contributed by atoms with van der Waals surface area (Å²) < 4.78 is 1.09. The average molecular weight is 492 g/mol. The van der Waals surface area contributed by atoms with Gasteiger partial charge < -0.3 is 10.2 Å². The molecule has 0 aliphatic rings. The van der Waals surface area contributed by atoms with Crippen molar-refractivity contribution in [2.24, 2.45) is 5.10 Å². The molecule has 0 fully saturated rings.